The van der Waals surface area contributed by atoms with E-state index < -0.39 is 0 Å². The van der Waals surface area contributed by atoms with E-state index in [-0.39, 0.29) is 0 Å². The molecule has 0 amide bonds. The van der Waals surface area contributed by atoms with E-state index in [1.807, 2.05) is 0 Å². The maximum Gasteiger partial charge on any atom is 0.0241 e. The summed E-state index contributed by atoms with van der Waals surface area (Å²) < 4.78 is 0. The van der Waals surface area contributed by atoms with Crippen LogP contribution in [-0.2, 0) is 6.54 Å². The third-order valence-corrected chi connectivity index (χ3v) is 4.74. The molecule has 1 atom stereocenters. The molecule has 1 unspecified atom stereocenters. The Labute approximate surface area is 120 Å². The number of rotatable bonds is 5. The number of likely N-dealkylation sites (tertiary alicyclic amines) is 1. The van der Waals surface area contributed by atoms with E-state index in [0.29, 0.717) is 0 Å². The van der Waals surface area contributed by atoms with Gasteiger partial charge >= 0.3 is 0 Å². The first kappa shape index (κ1) is 14.1. The molecule has 0 aliphatic carbocycles. The fourth-order valence-electron chi connectivity index (χ4n) is 3.04. The van der Waals surface area contributed by atoms with Crippen molar-refractivity contribution in [3.05, 3.63) is 34.9 Å². The van der Waals surface area contributed by atoms with Gasteiger partial charge in [-0.15, -0.1) is 0 Å². The third kappa shape index (κ3) is 3.36. The van der Waals surface area contributed by atoms with E-state index in [1.165, 1.54) is 43.4 Å². The fourth-order valence-corrected chi connectivity index (χ4v) is 3.37. The largest absolute Gasteiger partial charge is 0.296 e. The first-order valence-corrected chi connectivity index (χ1v) is 8.19. The summed E-state index contributed by atoms with van der Waals surface area (Å²) in [5.74, 6) is 0. The molecule has 0 aromatic heterocycles. The standard InChI is InChI=1S/C16H24BrN/c1-13-6-3-7-14(2)16(13)12-18-11-5-9-15(18)8-4-10-17/h3,6-7,15H,4-5,8-12H2,1-2H3. The van der Waals surface area contributed by atoms with E-state index in [1.54, 1.807) is 5.56 Å². The van der Waals surface area contributed by atoms with Gasteiger partial charge < -0.3 is 0 Å². The maximum atomic E-state index is 3.55. The normalized spacial score (nSPS) is 20.5. The van der Waals surface area contributed by atoms with Gasteiger partial charge in [-0.05, 0) is 62.8 Å². The molecular weight excluding hydrogens is 286 g/mol. The van der Waals surface area contributed by atoms with Gasteiger partial charge in [-0.2, -0.15) is 0 Å². The molecule has 1 aliphatic heterocycles. The highest BCUT2D eigenvalue weighted by Crippen LogP contribution is 2.25. The zero-order valence-electron chi connectivity index (χ0n) is 11.6. The summed E-state index contributed by atoms with van der Waals surface area (Å²) in [6.45, 7) is 6.91. The predicted molar refractivity (Wildman–Crippen MR) is 82.4 cm³/mol. The van der Waals surface area contributed by atoms with E-state index in [2.05, 4.69) is 52.9 Å². The van der Waals surface area contributed by atoms with Crippen LogP contribution in [0.5, 0.6) is 0 Å². The molecule has 1 aromatic rings. The highest BCUT2D eigenvalue weighted by molar-refractivity contribution is 9.09. The Morgan fingerprint density at radius 3 is 2.67 bits per heavy atom. The number of nitrogens with zero attached hydrogens (tertiary/aromatic N) is 1. The first-order valence-electron chi connectivity index (χ1n) is 7.07. The molecule has 1 aliphatic rings. The highest BCUT2D eigenvalue weighted by atomic mass is 79.9. The minimum atomic E-state index is 0.807. The van der Waals surface area contributed by atoms with E-state index >= 15 is 0 Å². The zero-order valence-corrected chi connectivity index (χ0v) is 13.2. The lowest BCUT2D eigenvalue weighted by Crippen LogP contribution is -2.29. The van der Waals surface area contributed by atoms with Crippen LogP contribution >= 0.6 is 15.9 Å². The second kappa shape index (κ2) is 6.72. The van der Waals surface area contributed by atoms with E-state index in [4.69, 9.17) is 0 Å². The Morgan fingerprint density at radius 2 is 2.00 bits per heavy atom. The second-order valence-electron chi connectivity index (χ2n) is 5.47. The van der Waals surface area contributed by atoms with Gasteiger partial charge in [-0.3, -0.25) is 4.90 Å². The van der Waals surface area contributed by atoms with Gasteiger partial charge in [-0.1, -0.05) is 34.1 Å². The van der Waals surface area contributed by atoms with Crippen molar-refractivity contribution >= 4 is 15.9 Å². The Hall–Kier alpha value is -0.340. The molecule has 1 heterocycles. The third-order valence-electron chi connectivity index (χ3n) is 4.18. The minimum Gasteiger partial charge on any atom is -0.296 e. The van der Waals surface area contributed by atoms with Crippen molar-refractivity contribution in [3.8, 4) is 0 Å². The summed E-state index contributed by atoms with van der Waals surface area (Å²) in [6.07, 6.45) is 5.40. The molecule has 1 fully saturated rings. The summed E-state index contributed by atoms with van der Waals surface area (Å²) >= 11 is 3.55. The molecule has 100 valence electrons. The molecule has 1 saturated heterocycles. The average Bonchev–Trinajstić information content (AvgIpc) is 2.79. The first-order chi connectivity index (χ1) is 8.72. The Kier molecular flexibility index (Phi) is 5.25. The number of benzene rings is 1. The fraction of sp³-hybridized carbons (Fsp3) is 0.625. The minimum absolute atomic E-state index is 0.807. The maximum absolute atomic E-state index is 3.55. The molecule has 2 rings (SSSR count). The molecule has 1 nitrogen and oxygen atoms in total. The van der Waals surface area contributed by atoms with Gasteiger partial charge in [0.25, 0.3) is 0 Å². The van der Waals surface area contributed by atoms with Crippen molar-refractivity contribution in [1.82, 2.24) is 4.90 Å². The Balaban J connectivity index is 2.03. The molecule has 1 aromatic carbocycles. The molecule has 18 heavy (non-hydrogen) atoms. The Morgan fingerprint density at radius 1 is 1.28 bits per heavy atom. The predicted octanol–water partition coefficient (Wildman–Crippen LogP) is 4.44. The van der Waals surface area contributed by atoms with E-state index in [9.17, 15) is 0 Å². The molecule has 0 spiro atoms. The lowest BCUT2D eigenvalue weighted by molar-refractivity contribution is 0.233. The molecular formula is C16H24BrN. The molecule has 0 N–H and O–H groups in total. The van der Waals surface area contributed by atoms with E-state index in [0.717, 1.165) is 17.9 Å². The highest BCUT2D eigenvalue weighted by Gasteiger charge is 2.24. The van der Waals surface area contributed by atoms with Gasteiger partial charge in [0.2, 0.25) is 0 Å². The van der Waals surface area contributed by atoms with Crippen LogP contribution in [-0.4, -0.2) is 22.8 Å². The van der Waals surface area contributed by atoms with Crippen molar-refractivity contribution in [3.63, 3.8) is 0 Å². The summed E-state index contributed by atoms with van der Waals surface area (Å²) in [5, 5.41) is 1.14. The van der Waals surface area contributed by atoms with Crippen molar-refractivity contribution in [1.29, 1.82) is 0 Å². The summed E-state index contributed by atoms with van der Waals surface area (Å²) in [4.78, 5) is 2.69. The van der Waals surface area contributed by atoms with Gasteiger partial charge in [0.05, 0.1) is 0 Å². The van der Waals surface area contributed by atoms with Gasteiger partial charge in [0.15, 0.2) is 0 Å². The molecule has 0 bridgehead atoms. The lowest BCUT2D eigenvalue weighted by Gasteiger charge is -2.26. The summed E-state index contributed by atoms with van der Waals surface area (Å²) in [5.41, 5.74) is 4.44. The van der Waals surface area contributed by atoms with Crippen LogP contribution in [0.2, 0.25) is 0 Å². The van der Waals surface area contributed by atoms with Gasteiger partial charge in [0.1, 0.15) is 0 Å². The van der Waals surface area contributed by atoms with Crippen molar-refractivity contribution in [2.45, 2.75) is 52.1 Å². The van der Waals surface area contributed by atoms with Crippen LogP contribution in [0.15, 0.2) is 18.2 Å². The monoisotopic (exact) mass is 309 g/mol. The number of alkyl halides is 1. The van der Waals surface area contributed by atoms with Crippen LogP contribution in [0.1, 0.15) is 42.4 Å². The summed E-state index contributed by atoms with van der Waals surface area (Å²) in [6, 6.07) is 7.46. The molecule has 0 saturated carbocycles. The second-order valence-corrected chi connectivity index (χ2v) is 6.26. The van der Waals surface area contributed by atoms with Gasteiger partial charge in [0, 0.05) is 17.9 Å². The number of hydrogen-bond acceptors (Lipinski definition) is 1. The van der Waals surface area contributed by atoms with Crippen LogP contribution in [0.3, 0.4) is 0 Å². The van der Waals surface area contributed by atoms with Gasteiger partial charge in [-0.25, -0.2) is 0 Å². The summed E-state index contributed by atoms with van der Waals surface area (Å²) in [7, 11) is 0. The smallest absolute Gasteiger partial charge is 0.0241 e. The number of aryl methyl sites for hydroxylation is 2. The molecule has 0 radical (unpaired) electrons. The van der Waals surface area contributed by atoms with Crippen molar-refractivity contribution in [2.75, 3.05) is 11.9 Å². The topological polar surface area (TPSA) is 3.24 Å². The molecule has 2 heteroatoms. The van der Waals surface area contributed by atoms with Crippen LogP contribution in [0.25, 0.3) is 0 Å². The Bertz CT molecular complexity index is 368. The van der Waals surface area contributed by atoms with Crippen LogP contribution in [0, 0.1) is 13.8 Å². The van der Waals surface area contributed by atoms with Crippen LogP contribution < -0.4 is 0 Å². The lowest BCUT2D eigenvalue weighted by atomic mass is 10.0. The number of halogens is 1. The number of hydrogen-bond donors (Lipinski definition) is 0. The zero-order chi connectivity index (χ0) is 13.0. The average molecular weight is 310 g/mol. The SMILES string of the molecule is Cc1cccc(C)c1CN1CCCC1CCCBr. The van der Waals surface area contributed by atoms with Crippen molar-refractivity contribution < 1.29 is 0 Å². The van der Waals surface area contributed by atoms with Crippen molar-refractivity contribution in [2.24, 2.45) is 0 Å². The quantitative estimate of drug-likeness (QED) is 0.727. The van der Waals surface area contributed by atoms with Crippen LogP contribution in [0.4, 0.5) is 0 Å².